The number of nitrogens with zero attached hydrogens (tertiary/aromatic N) is 2. The van der Waals surface area contributed by atoms with E-state index in [9.17, 15) is 8.42 Å². The highest BCUT2D eigenvalue weighted by molar-refractivity contribution is 7.92. The zero-order chi connectivity index (χ0) is 10.2. The lowest BCUT2D eigenvalue weighted by atomic mass is 10.2. The van der Waals surface area contributed by atoms with Crippen molar-refractivity contribution in [2.24, 2.45) is 0 Å². The lowest BCUT2D eigenvalue weighted by molar-refractivity contribution is 0.472. The maximum Gasteiger partial charge on any atom is 0.154 e. The second-order valence-corrected chi connectivity index (χ2v) is 5.95. The minimum atomic E-state index is -2.92. The Balaban J connectivity index is 2.12. The first kappa shape index (κ1) is 9.51. The van der Waals surface area contributed by atoms with Gasteiger partial charge in [0.15, 0.2) is 15.6 Å². The Kier molecular flexibility index (Phi) is 2.22. The summed E-state index contributed by atoms with van der Waals surface area (Å²) in [5.41, 5.74) is 0. The molecule has 2 heterocycles. The van der Waals surface area contributed by atoms with Crippen molar-refractivity contribution in [3.8, 4) is 5.75 Å². The summed E-state index contributed by atoms with van der Waals surface area (Å²) in [4.78, 5) is 0. The second-order valence-electron chi connectivity index (χ2n) is 3.55. The third kappa shape index (κ3) is 1.75. The Hall–Kier alpha value is -1.04. The van der Waals surface area contributed by atoms with Crippen molar-refractivity contribution in [1.29, 1.82) is 0 Å². The van der Waals surface area contributed by atoms with Crippen molar-refractivity contribution >= 4 is 9.84 Å². The summed E-state index contributed by atoms with van der Waals surface area (Å²) in [6.45, 7) is 0.350. The molecule has 0 aliphatic carbocycles. The molecule has 6 heteroatoms. The molecule has 0 bridgehead atoms. The van der Waals surface area contributed by atoms with Gasteiger partial charge in [-0.1, -0.05) is 0 Å². The van der Waals surface area contributed by atoms with Crippen LogP contribution in [0, 0.1) is 0 Å². The zero-order valence-electron chi connectivity index (χ0n) is 7.63. The molecule has 78 valence electrons. The molecule has 1 aliphatic rings. The molecular weight excluding hydrogens is 204 g/mol. The van der Waals surface area contributed by atoms with Crippen LogP contribution in [0.15, 0.2) is 12.4 Å². The zero-order valence-corrected chi connectivity index (χ0v) is 8.44. The van der Waals surface area contributed by atoms with Crippen LogP contribution in [0.4, 0.5) is 0 Å². The molecule has 2 rings (SSSR count). The van der Waals surface area contributed by atoms with Crippen molar-refractivity contribution in [1.82, 2.24) is 9.78 Å². The monoisotopic (exact) mass is 216 g/mol. The number of sulfone groups is 1. The molecule has 1 saturated heterocycles. The lowest BCUT2D eigenvalue weighted by Gasteiger charge is -2.08. The van der Waals surface area contributed by atoms with Gasteiger partial charge in [0.1, 0.15) is 0 Å². The Labute approximate surface area is 82.3 Å². The molecule has 0 spiro atoms. The Morgan fingerprint density at radius 1 is 1.64 bits per heavy atom. The molecule has 0 amide bonds. The normalized spacial score (nSPS) is 25.3. The van der Waals surface area contributed by atoms with E-state index in [1.54, 1.807) is 0 Å². The third-order valence-electron chi connectivity index (χ3n) is 2.47. The summed E-state index contributed by atoms with van der Waals surface area (Å²) in [6, 6.07) is 0. The van der Waals surface area contributed by atoms with Crippen LogP contribution >= 0.6 is 0 Å². The van der Waals surface area contributed by atoms with E-state index in [0.717, 1.165) is 6.42 Å². The number of aromatic hydroxyl groups is 1. The number of aromatic nitrogens is 2. The highest BCUT2D eigenvalue weighted by Crippen LogP contribution is 2.21. The van der Waals surface area contributed by atoms with Gasteiger partial charge in [0.25, 0.3) is 0 Å². The molecule has 5 nitrogen and oxygen atoms in total. The van der Waals surface area contributed by atoms with Crippen molar-refractivity contribution in [2.75, 3.05) is 5.75 Å². The van der Waals surface area contributed by atoms with Gasteiger partial charge in [-0.25, -0.2) is 8.42 Å². The average Bonchev–Trinajstić information content (AvgIpc) is 2.61. The number of hydrogen-bond acceptors (Lipinski definition) is 4. The van der Waals surface area contributed by atoms with Crippen molar-refractivity contribution in [3.63, 3.8) is 0 Å². The van der Waals surface area contributed by atoms with Gasteiger partial charge < -0.3 is 5.11 Å². The van der Waals surface area contributed by atoms with Crippen LogP contribution in [-0.4, -0.2) is 34.3 Å². The van der Waals surface area contributed by atoms with Gasteiger partial charge >= 0.3 is 0 Å². The average molecular weight is 216 g/mol. The summed E-state index contributed by atoms with van der Waals surface area (Å²) in [5.74, 6) is 0.352. The fourth-order valence-corrected chi connectivity index (χ4v) is 3.53. The topological polar surface area (TPSA) is 72.2 Å². The second kappa shape index (κ2) is 3.27. The maximum atomic E-state index is 11.5. The summed E-state index contributed by atoms with van der Waals surface area (Å²) in [6.07, 6.45) is 4.18. The highest BCUT2D eigenvalue weighted by Gasteiger charge is 2.31. The summed E-state index contributed by atoms with van der Waals surface area (Å²) in [5, 5.41) is 12.5. The molecule has 1 unspecified atom stereocenters. The van der Waals surface area contributed by atoms with Crippen LogP contribution in [0.1, 0.15) is 12.8 Å². The van der Waals surface area contributed by atoms with Crippen LogP contribution in [0.25, 0.3) is 0 Å². The van der Waals surface area contributed by atoms with E-state index in [4.69, 9.17) is 5.11 Å². The van der Waals surface area contributed by atoms with E-state index in [2.05, 4.69) is 5.10 Å². The van der Waals surface area contributed by atoms with E-state index < -0.39 is 9.84 Å². The van der Waals surface area contributed by atoms with Crippen LogP contribution in [-0.2, 0) is 16.4 Å². The van der Waals surface area contributed by atoms with Crippen LogP contribution in [0.5, 0.6) is 5.75 Å². The summed E-state index contributed by atoms with van der Waals surface area (Å²) >= 11 is 0. The van der Waals surface area contributed by atoms with E-state index in [0.29, 0.717) is 13.0 Å². The van der Waals surface area contributed by atoms with Crippen LogP contribution < -0.4 is 0 Å². The first-order chi connectivity index (χ1) is 6.58. The van der Waals surface area contributed by atoms with Gasteiger partial charge in [0.2, 0.25) is 0 Å². The fourth-order valence-electron chi connectivity index (χ4n) is 1.72. The molecule has 1 atom stereocenters. The standard InChI is InChI=1S/C8H12N2O3S/c11-7-4-9-10(5-7)6-8-2-1-3-14(8,12)13/h4-5,8,11H,1-3,6H2. The molecule has 0 radical (unpaired) electrons. The van der Waals surface area contributed by atoms with Gasteiger partial charge in [-0.2, -0.15) is 5.10 Å². The quantitative estimate of drug-likeness (QED) is 0.764. The largest absolute Gasteiger partial charge is 0.505 e. The van der Waals surface area contributed by atoms with E-state index >= 15 is 0 Å². The molecule has 1 aromatic rings. The predicted molar refractivity (Wildman–Crippen MR) is 50.7 cm³/mol. The van der Waals surface area contributed by atoms with Gasteiger partial charge in [-0.05, 0) is 12.8 Å². The van der Waals surface area contributed by atoms with E-state index in [1.807, 2.05) is 0 Å². The maximum absolute atomic E-state index is 11.5. The molecule has 1 fully saturated rings. The van der Waals surface area contributed by atoms with E-state index in [-0.39, 0.29) is 16.8 Å². The molecule has 1 aromatic heterocycles. The van der Waals surface area contributed by atoms with Crippen molar-refractivity contribution in [3.05, 3.63) is 12.4 Å². The first-order valence-electron chi connectivity index (χ1n) is 4.51. The molecule has 0 aromatic carbocycles. The van der Waals surface area contributed by atoms with Gasteiger partial charge in [0, 0.05) is 0 Å². The van der Waals surface area contributed by atoms with Crippen LogP contribution in [0.3, 0.4) is 0 Å². The fraction of sp³-hybridized carbons (Fsp3) is 0.625. The smallest absolute Gasteiger partial charge is 0.154 e. The van der Waals surface area contributed by atoms with E-state index in [1.165, 1.54) is 17.1 Å². The minimum absolute atomic E-state index is 0.0698. The number of rotatable bonds is 2. The Bertz CT molecular complexity index is 424. The Morgan fingerprint density at radius 3 is 2.93 bits per heavy atom. The predicted octanol–water partition coefficient (Wildman–Crippen LogP) is 0.166. The third-order valence-corrected chi connectivity index (χ3v) is 4.73. The number of hydrogen-bond donors (Lipinski definition) is 1. The van der Waals surface area contributed by atoms with Crippen molar-refractivity contribution in [2.45, 2.75) is 24.6 Å². The minimum Gasteiger partial charge on any atom is -0.505 e. The summed E-state index contributed by atoms with van der Waals surface area (Å²) in [7, 11) is -2.92. The first-order valence-corrected chi connectivity index (χ1v) is 6.22. The molecular formula is C8H12N2O3S. The van der Waals surface area contributed by atoms with Gasteiger partial charge in [0.05, 0.1) is 29.9 Å². The van der Waals surface area contributed by atoms with Crippen LogP contribution in [0.2, 0.25) is 0 Å². The SMILES string of the molecule is O=S1(=O)CCCC1Cn1cc(O)cn1. The Morgan fingerprint density at radius 2 is 2.43 bits per heavy atom. The lowest BCUT2D eigenvalue weighted by Crippen LogP contribution is -2.22. The molecule has 1 aliphatic heterocycles. The van der Waals surface area contributed by atoms with Gasteiger partial charge in [-0.15, -0.1) is 0 Å². The summed E-state index contributed by atoms with van der Waals surface area (Å²) < 4.78 is 24.4. The molecule has 0 saturated carbocycles. The van der Waals surface area contributed by atoms with Gasteiger partial charge in [-0.3, -0.25) is 4.68 Å². The van der Waals surface area contributed by atoms with Crippen molar-refractivity contribution < 1.29 is 13.5 Å². The molecule has 14 heavy (non-hydrogen) atoms. The highest BCUT2D eigenvalue weighted by atomic mass is 32.2. The molecule has 1 N–H and O–H groups in total.